The van der Waals surface area contributed by atoms with Gasteiger partial charge < -0.3 is 5.32 Å². The maximum atomic E-state index is 12.4. The Bertz CT molecular complexity index is 1100. The van der Waals surface area contributed by atoms with Gasteiger partial charge in [0.1, 0.15) is 0 Å². The first-order chi connectivity index (χ1) is 13.1. The Morgan fingerprint density at radius 2 is 2.07 bits per heavy atom. The van der Waals surface area contributed by atoms with Gasteiger partial charge in [0.25, 0.3) is 0 Å². The minimum atomic E-state index is -0.103. The Kier molecular flexibility index (Phi) is 4.68. The van der Waals surface area contributed by atoms with Crippen LogP contribution in [0.4, 0.5) is 5.69 Å². The van der Waals surface area contributed by atoms with Crippen LogP contribution in [0, 0.1) is 6.92 Å². The first-order valence-electron chi connectivity index (χ1n) is 8.65. The van der Waals surface area contributed by atoms with Gasteiger partial charge in [-0.3, -0.25) is 9.48 Å². The highest BCUT2D eigenvalue weighted by molar-refractivity contribution is 7.09. The highest BCUT2D eigenvalue weighted by Crippen LogP contribution is 2.20. The predicted octanol–water partition coefficient (Wildman–Crippen LogP) is 3.51. The van der Waals surface area contributed by atoms with Crippen molar-refractivity contribution in [1.29, 1.82) is 0 Å². The fourth-order valence-corrected chi connectivity index (χ4v) is 3.86. The minimum absolute atomic E-state index is 0.103. The molecule has 1 aromatic carbocycles. The third kappa shape index (κ3) is 3.88. The van der Waals surface area contributed by atoms with Gasteiger partial charge in [0.2, 0.25) is 5.91 Å². The fourth-order valence-electron chi connectivity index (χ4n) is 3.03. The normalized spacial score (nSPS) is 11.0. The summed E-state index contributed by atoms with van der Waals surface area (Å²) < 4.78 is 1.74. The summed E-state index contributed by atoms with van der Waals surface area (Å²) >= 11 is 1.58. The molecule has 136 valence electrons. The molecule has 0 spiro atoms. The summed E-state index contributed by atoms with van der Waals surface area (Å²) in [4.78, 5) is 21.3. The molecule has 0 aliphatic rings. The van der Waals surface area contributed by atoms with Gasteiger partial charge in [-0.1, -0.05) is 30.3 Å². The molecule has 6 nitrogen and oxygen atoms in total. The van der Waals surface area contributed by atoms with Crippen LogP contribution in [0.25, 0.3) is 11.0 Å². The number of anilines is 1. The fraction of sp³-hybridized carbons (Fsp3) is 0.200. The van der Waals surface area contributed by atoms with Crippen molar-refractivity contribution in [3.63, 3.8) is 0 Å². The molecule has 0 saturated carbocycles. The Balaban J connectivity index is 1.42. The molecular weight excluding hydrogens is 358 g/mol. The van der Waals surface area contributed by atoms with Crippen LogP contribution in [0.2, 0.25) is 0 Å². The molecule has 0 radical (unpaired) electrons. The highest BCUT2D eigenvalue weighted by Gasteiger charge is 2.11. The van der Waals surface area contributed by atoms with Crippen LogP contribution in [0.5, 0.6) is 0 Å². The molecule has 0 fully saturated rings. The molecule has 0 bridgehead atoms. The molecule has 3 heterocycles. The van der Waals surface area contributed by atoms with E-state index in [1.165, 1.54) is 5.56 Å². The summed E-state index contributed by atoms with van der Waals surface area (Å²) in [6, 6.07) is 12.1. The van der Waals surface area contributed by atoms with Crippen LogP contribution in [-0.2, 0) is 24.7 Å². The molecule has 4 rings (SSSR count). The van der Waals surface area contributed by atoms with Crippen molar-refractivity contribution in [3.8, 4) is 0 Å². The van der Waals surface area contributed by atoms with Crippen molar-refractivity contribution in [2.24, 2.45) is 7.05 Å². The summed E-state index contributed by atoms with van der Waals surface area (Å²) in [6.07, 6.45) is 2.69. The van der Waals surface area contributed by atoms with Crippen molar-refractivity contribution >= 4 is 34.0 Å². The second-order valence-electron chi connectivity index (χ2n) is 6.42. The number of hydrogen-bond acceptors (Lipinski definition) is 5. The Morgan fingerprint density at radius 3 is 2.89 bits per heavy atom. The van der Waals surface area contributed by atoms with Gasteiger partial charge >= 0.3 is 0 Å². The van der Waals surface area contributed by atoms with Crippen LogP contribution >= 0.6 is 11.3 Å². The second-order valence-corrected chi connectivity index (χ2v) is 7.37. The first-order valence-corrected chi connectivity index (χ1v) is 9.53. The number of amides is 1. The minimum Gasteiger partial charge on any atom is -0.324 e. The molecule has 0 aliphatic carbocycles. The van der Waals surface area contributed by atoms with E-state index in [-0.39, 0.29) is 12.3 Å². The van der Waals surface area contributed by atoms with Crippen molar-refractivity contribution < 1.29 is 4.79 Å². The molecule has 27 heavy (non-hydrogen) atoms. The van der Waals surface area contributed by atoms with Crippen LogP contribution in [0.1, 0.15) is 22.0 Å². The Hall–Kier alpha value is -3.06. The molecule has 3 aromatic heterocycles. The number of rotatable bonds is 5. The lowest BCUT2D eigenvalue weighted by atomic mass is 10.2. The van der Waals surface area contributed by atoms with E-state index in [9.17, 15) is 4.79 Å². The van der Waals surface area contributed by atoms with Crippen molar-refractivity contribution in [3.05, 3.63) is 69.9 Å². The number of aryl methyl sites for hydroxylation is 2. The van der Waals surface area contributed by atoms with Gasteiger partial charge in [-0.05, 0) is 18.6 Å². The maximum absolute atomic E-state index is 12.4. The maximum Gasteiger partial charge on any atom is 0.230 e. The number of pyridine rings is 1. The zero-order chi connectivity index (χ0) is 18.8. The topological polar surface area (TPSA) is 72.7 Å². The second kappa shape index (κ2) is 7.28. The van der Waals surface area contributed by atoms with E-state index in [0.717, 1.165) is 33.8 Å². The van der Waals surface area contributed by atoms with Crippen molar-refractivity contribution in [2.45, 2.75) is 19.8 Å². The zero-order valence-electron chi connectivity index (χ0n) is 15.1. The summed E-state index contributed by atoms with van der Waals surface area (Å²) in [6.45, 7) is 1.93. The lowest BCUT2D eigenvalue weighted by Gasteiger charge is -2.04. The van der Waals surface area contributed by atoms with Crippen LogP contribution in [0.15, 0.2) is 48.0 Å². The summed E-state index contributed by atoms with van der Waals surface area (Å²) in [5, 5.41) is 11.2. The molecule has 0 unspecified atom stereocenters. The number of nitrogens with one attached hydrogen (secondary N) is 1. The highest BCUT2D eigenvalue weighted by atomic mass is 32.1. The number of thiazole rings is 1. The number of benzene rings is 1. The molecule has 1 amide bonds. The van der Waals surface area contributed by atoms with Gasteiger partial charge in [0.15, 0.2) is 5.65 Å². The quantitative estimate of drug-likeness (QED) is 0.578. The number of nitrogens with zero attached hydrogens (tertiary/aromatic N) is 4. The summed E-state index contributed by atoms with van der Waals surface area (Å²) in [5.74, 6) is -0.103. The lowest BCUT2D eigenvalue weighted by molar-refractivity contribution is -0.115. The Labute approximate surface area is 160 Å². The monoisotopic (exact) mass is 377 g/mol. The average Bonchev–Trinajstić information content (AvgIpc) is 3.20. The number of aromatic nitrogens is 4. The summed E-state index contributed by atoms with van der Waals surface area (Å²) in [5.41, 5.74) is 4.36. The Morgan fingerprint density at radius 1 is 1.26 bits per heavy atom. The van der Waals surface area contributed by atoms with Crippen LogP contribution < -0.4 is 5.32 Å². The smallest absolute Gasteiger partial charge is 0.230 e. The third-order valence-electron chi connectivity index (χ3n) is 4.29. The summed E-state index contributed by atoms with van der Waals surface area (Å²) in [7, 11) is 1.86. The van der Waals surface area contributed by atoms with Gasteiger partial charge in [-0.15, -0.1) is 11.3 Å². The third-order valence-corrected chi connectivity index (χ3v) is 5.18. The van der Waals surface area contributed by atoms with Gasteiger partial charge in [0.05, 0.1) is 34.7 Å². The molecule has 4 aromatic rings. The van der Waals surface area contributed by atoms with Gasteiger partial charge in [0, 0.05) is 24.2 Å². The number of fused-ring (bicyclic) bond motifs is 1. The average molecular weight is 377 g/mol. The largest absolute Gasteiger partial charge is 0.324 e. The molecule has 1 N–H and O–H groups in total. The zero-order valence-corrected chi connectivity index (χ0v) is 16.0. The van der Waals surface area contributed by atoms with E-state index in [4.69, 9.17) is 0 Å². The molecule has 0 aliphatic heterocycles. The number of hydrogen-bond donors (Lipinski definition) is 1. The number of carbonyl (C=O) groups is 1. The van der Waals surface area contributed by atoms with Crippen LogP contribution in [-0.4, -0.2) is 25.7 Å². The SMILES string of the molecule is Cc1nn(C)c2ncc(NC(=O)Cc3csc(Cc4ccccc4)n3)cc12. The molecule has 7 heteroatoms. The van der Waals surface area contributed by atoms with Crippen molar-refractivity contribution in [1.82, 2.24) is 19.7 Å². The van der Waals surface area contributed by atoms with E-state index in [1.54, 1.807) is 22.2 Å². The lowest BCUT2D eigenvalue weighted by Crippen LogP contribution is -2.14. The van der Waals surface area contributed by atoms with E-state index in [2.05, 4.69) is 32.5 Å². The van der Waals surface area contributed by atoms with E-state index in [1.807, 2.05) is 43.6 Å². The van der Waals surface area contributed by atoms with Crippen molar-refractivity contribution in [2.75, 3.05) is 5.32 Å². The van der Waals surface area contributed by atoms with Gasteiger partial charge in [-0.25, -0.2) is 9.97 Å². The molecule has 0 saturated heterocycles. The molecular formula is C20H19N5OS. The molecule has 0 atom stereocenters. The first kappa shape index (κ1) is 17.4. The predicted molar refractivity (Wildman–Crippen MR) is 107 cm³/mol. The van der Waals surface area contributed by atoms with Gasteiger partial charge in [-0.2, -0.15) is 5.10 Å². The standard InChI is InChI=1S/C20H19N5OS/c1-13-17-9-15(11-21-20(17)25(2)24-13)22-18(26)10-16-12-27-19(23-16)8-14-6-4-3-5-7-14/h3-7,9,11-12H,8,10H2,1-2H3,(H,22,26). The van der Waals surface area contributed by atoms with Crippen LogP contribution in [0.3, 0.4) is 0 Å². The van der Waals surface area contributed by atoms with E-state index < -0.39 is 0 Å². The van der Waals surface area contributed by atoms with E-state index >= 15 is 0 Å². The van der Waals surface area contributed by atoms with E-state index in [0.29, 0.717) is 5.69 Å². The number of carbonyl (C=O) groups excluding carboxylic acids is 1.